The van der Waals surface area contributed by atoms with Crippen LogP contribution < -0.4 is 16.4 Å². The fraction of sp³-hybridized carbons (Fsp3) is 0.600. The number of hydrogen-bond acceptors (Lipinski definition) is 4. The van der Waals surface area contributed by atoms with Crippen molar-refractivity contribution in [3.8, 4) is 0 Å². The van der Waals surface area contributed by atoms with Gasteiger partial charge in [0.15, 0.2) is 0 Å². The maximum absolute atomic E-state index is 12.2. The van der Waals surface area contributed by atoms with Crippen molar-refractivity contribution < 1.29 is 9.59 Å². The summed E-state index contributed by atoms with van der Waals surface area (Å²) in [5.41, 5.74) is 5.93. The molecule has 1 heterocycles. The Morgan fingerprint density at radius 1 is 1.29 bits per heavy atom. The lowest BCUT2D eigenvalue weighted by molar-refractivity contribution is -0.120. The molecule has 4 N–H and O–H groups in total. The minimum atomic E-state index is -0.184. The molecule has 5 nitrogen and oxygen atoms in total. The fourth-order valence-corrected chi connectivity index (χ4v) is 3.03. The van der Waals surface area contributed by atoms with Crippen molar-refractivity contribution in [3.63, 3.8) is 0 Å². The highest BCUT2D eigenvalue weighted by molar-refractivity contribution is 7.16. The molecule has 0 saturated carbocycles. The molecule has 1 rings (SSSR count). The van der Waals surface area contributed by atoms with Crippen LogP contribution in [0.3, 0.4) is 0 Å². The molecule has 0 aliphatic rings. The van der Waals surface area contributed by atoms with Crippen molar-refractivity contribution in [3.05, 3.63) is 16.5 Å². The van der Waals surface area contributed by atoms with Gasteiger partial charge in [0.1, 0.15) is 5.00 Å². The molecule has 0 aliphatic heterocycles. The lowest BCUT2D eigenvalue weighted by atomic mass is 10.0. The zero-order valence-electron chi connectivity index (χ0n) is 13.0. The van der Waals surface area contributed by atoms with E-state index in [2.05, 4.69) is 10.6 Å². The molecule has 1 aromatic rings. The molecular weight excluding hydrogens is 286 g/mol. The number of rotatable bonds is 8. The standard InChI is InChI=1S/C15H25N3O2S/c1-4-10(5-2)13(19)18-15-12(9-11(6-3)21-15)14(20)17-8-7-16/h9-10H,4-8,16H2,1-3H3,(H,17,20)(H,18,19). The molecule has 0 aromatic carbocycles. The Kier molecular flexibility index (Phi) is 7.39. The summed E-state index contributed by atoms with van der Waals surface area (Å²) in [5, 5.41) is 6.30. The molecule has 0 atom stereocenters. The number of thiophene rings is 1. The molecule has 118 valence electrons. The minimum Gasteiger partial charge on any atom is -0.351 e. The molecule has 0 radical (unpaired) electrons. The van der Waals surface area contributed by atoms with E-state index >= 15 is 0 Å². The second-order valence-electron chi connectivity index (χ2n) is 4.86. The van der Waals surface area contributed by atoms with Gasteiger partial charge in [-0.25, -0.2) is 0 Å². The average molecular weight is 311 g/mol. The first-order valence-electron chi connectivity index (χ1n) is 7.49. The van der Waals surface area contributed by atoms with Gasteiger partial charge in [-0.3, -0.25) is 9.59 Å². The summed E-state index contributed by atoms with van der Waals surface area (Å²) in [6.07, 6.45) is 2.43. The highest BCUT2D eigenvalue weighted by Gasteiger charge is 2.20. The van der Waals surface area contributed by atoms with E-state index in [4.69, 9.17) is 5.73 Å². The highest BCUT2D eigenvalue weighted by atomic mass is 32.1. The number of nitrogens with two attached hydrogens (primary N) is 1. The van der Waals surface area contributed by atoms with Gasteiger partial charge in [0.25, 0.3) is 5.91 Å². The largest absolute Gasteiger partial charge is 0.351 e. The van der Waals surface area contributed by atoms with Crippen molar-refractivity contribution in [2.45, 2.75) is 40.0 Å². The van der Waals surface area contributed by atoms with E-state index in [0.29, 0.717) is 23.7 Å². The van der Waals surface area contributed by atoms with Gasteiger partial charge < -0.3 is 16.4 Å². The second-order valence-corrected chi connectivity index (χ2v) is 5.99. The number of hydrogen-bond donors (Lipinski definition) is 3. The number of carbonyl (C=O) groups is 2. The number of carbonyl (C=O) groups excluding carboxylic acids is 2. The van der Waals surface area contributed by atoms with Gasteiger partial charge in [-0.15, -0.1) is 11.3 Å². The van der Waals surface area contributed by atoms with Crippen LogP contribution in [-0.2, 0) is 11.2 Å². The topological polar surface area (TPSA) is 84.2 Å². The summed E-state index contributed by atoms with van der Waals surface area (Å²) < 4.78 is 0. The van der Waals surface area contributed by atoms with Crippen molar-refractivity contribution in [1.82, 2.24) is 5.32 Å². The van der Waals surface area contributed by atoms with Crippen LogP contribution in [0.1, 0.15) is 48.8 Å². The average Bonchev–Trinajstić information content (AvgIpc) is 2.89. The molecule has 0 fully saturated rings. The zero-order valence-corrected chi connectivity index (χ0v) is 13.8. The van der Waals surface area contributed by atoms with Gasteiger partial charge in [-0.05, 0) is 25.3 Å². The van der Waals surface area contributed by atoms with Crippen molar-refractivity contribution in [2.24, 2.45) is 11.7 Å². The molecule has 0 aliphatic carbocycles. The summed E-state index contributed by atoms with van der Waals surface area (Å²) in [6.45, 7) is 6.84. The molecule has 2 amide bonds. The van der Waals surface area contributed by atoms with Gasteiger partial charge >= 0.3 is 0 Å². The van der Waals surface area contributed by atoms with Crippen LogP contribution in [0.15, 0.2) is 6.07 Å². The molecule has 21 heavy (non-hydrogen) atoms. The molecule has 0 spiro atoms. The van der Waals surface area contributed by atoms with Gasteiger partial charge in [0, 0.05) is 23.9 Å². The number of amides is 2. The van der Waals surface area contributed by atoms with E-state index in [9.17, 15) is 9.59 Å². The third-order valence-corrected chi connectivity index (χ3v) is 4.59. The summed E-state index contributed by atoms with van der Waals surface area (Å²) in [7, 11) is 0. The fourth-order valence-electron chi connectivity index (χ4n) is 2.03. The predicted octanol–water partition coefficient (Wildman–Crippen LogP) is 2.37. The Balaban J connectivity index is 2.92. The monoisotopic (exact) mass is 311 g/mol. The molecular formula is C15H25N3O2S. The summed E-state index contributed by atoms with van der Waals surface area (Å²) >= 11 is 1.46. The summed E-state index contributed by atoms with van der Waals surface area (Å²) in [6, 6.07) is 1.85. The van der Waals surface area contributed by atoms with Gasteiger partial charge in [-0.1, -0.05) is 20.8 Å². The highest BCUT2D eigenvalue weighted by Crippen LogP contribution is 2.29. The SMILES string of the molecule is CCc1cc(C(=O)NCCN)c(NC(=O)C(CC)CC)s1. The van der Waals surface area contributed by atoms with E-state index < -0.39 is 0 Å². The first-order valence-corrected chi connectivity index (χ1v) is 8.30. The van der Waals surface area contributed by atoms with E-state index in [0.717, 1.165) is 24.1 Å². The molecule has 0 bridgehead atoms. The third-order valence-electron chi connectivity index (χ3n) is 3.40. The Labute approximate surface area is 130 Å². The van der Waals surface area contributed by atoms with Gasteiger partial charge in [0.05, 0.1) is 5.56 Å². The Bertz CT molecular complexity index is 481. The molecule has 1 aromatic heterocycles. The van der Waals surface area contributed by atoms with Crippen LogP contribution in [0.25, 0.3) is 0 Å². The Hall–Kier alpha value is -1.40. The smallest absolute Gasteiger partial charge is 0.254 e. The van der Waals surface area contributed by atoms with Crippen LogP contribution in [0.5, 0.6) is 0 Å². The predicted molar refractivity (Wildman–Crippen MR) is 87.8 cm³/mol. The van der Waals surface area contributed by atoms with E-state index in [1.54, 1.807) is 0 Å². The zero-order chi connectivity index (χ0) is 15.8. The Morgan fingerprint density at radius 3 is 2.48 bits per heavy atom. The van der Waals surface area contributed by atoms with Crippen LogP contribution >= 0.6 is 11.3 Å². The normalized spacial score (nSPS) is 10.7. The van der Waals surface area contributed by atoms with E-state index in [1.807, 2.05) is 26.8 Å². The van der Waals surface area contributed by atoms with Crippen molar-refractivity contribution in [2.75, 3.05) is 18.4 Å². The number of nitrogens with one attached hydrogen (secondary N) is 2. The maximum atomic E-state index is 12.2. The number of aryl methyl sites for hydroxylation is 1. The van der Waals surface area contributed by atoms with Gasteiger partial charge in [-0.2, -0.15) is 0 Å². The quantitative estimate of drug-likeness (QED) is 0.689. The molecule has 6 heteroatoms. The van der Waals surface area contributed by atoms with Gasteiger partial charge in [0.2, 0.25) is 5.91 Å². The lowest BCUT2D eigenvalue weighted by Crippen LogP contribution is -2.30. The van der Waals surface area contributed by atoms with Crippen LogP contribution in [-0.4, -0.2) is 24.9 Å². The lowest BCUT2D eigenvalue weighted by Gasteiger charge is -2.12. The molecule has 0 unspecified atom stereocenters. The van der Waals surface area contributed by atoms with Crippen molar-refractivity contribution in [1.29, 1.82) is 0 Å². The first kappa shape index (κ1) is 17.7. The summed E-state index contributed by atoms with van der Waals surface area (Å²) in [5.74, 6) is -0.217. The summed E-state index contributed by atoms with van der Waals surface area (Å²) in [4.78, 5) is 25.4. The minimum absolute atomic E-state index is 0.0163. The first-order chi connectivity index (χ1) is 10.1. The van der Waals surface area contributed by atoms with Crippen LogP contribution in [0.2, 0.25) is 0 Å². The van der Waals surface area contributed by atoms with Crippen LogP contribution in [0, 0.1) is 5.92 Å². The second kappa shape index (κ2) is 8.79. The van der Waals surface area contributed by atoms with Crippen LogP contribution in [0.4, 0.5) is 5.00 Å². The third kappa shape index (κ3) is 4.82. The Morgan fingerprint density at radius 2 is 1.95 bits per heavy atom. The maximum Gasteiger partial charge on any atom is 0.254 e. The van der Waals surface area contributed by atoms with E-state index in [1.165, 1.54) is 11.3 Å². The molecule has 0 saturated heterocycles. The van der Waals surface area contributed by atoms with Crippen molar-refractivity contribution >= 4 is 28.2 Å². The number of anilines is 1. The van der Waals surface area contributed by atoms with E-state index in [-0.39, 0.29) is 17.7 Å².